The van der Waals surface area contributed by atoms with Gasteiger partial charge >= 0.3 is 0 Å². The van der Waals surface area contributed by atoms with Crippen LogP contribution in [0.3, 0.4) is 0 Å². The van der Waals surface area contributed by atoms with Gasteiger partial charge in [-0.1, -0.05) is 0 Å². The first-order valence-corrected chi connectivity index (χ1v) is 8.66. The number of fused-ring (bicyclic) bond motifs is 1. The lowest BCUT2D eigenvalue weighted by molar-refractivity contribution is 0.00705. The van der Waals surface area contributed by atoms with Crippen LogP contribution < -0.4 is 9.47 Å². The molecule has 5 nitrogen and oxygen atoms in total. The second-order valence-electron chi connectivity index (χ2n) is 3.84. The summed E-state index contributed by atoms with van der Waals surface area (Å²) in [5, 5.41) is 0. The molecule has 0 saturated carbocycles. The lowest BCUT2D eigenvalue weighted by atomic mass is 10.5. The minimum absolute atomic E-state index is 0.467. The van der Waals surface area contributed by atoms with Crippen LogP contribution in [0.25, 0.3) is 0 Å². The number of ether oxygens (including phenoxy) is 5. The maximum atomic E-state index is 5.72. The third kappa shape index (κ3) is 5.16. The molecule has 2 rings (SSSR count). The molecule has 0 atom stereocenters. The van der Waals surface area contributed by atoms with Crippen LogP contribution in [-0.2, 0) is 14.2 Å². The highest BCUT2D eigenvalue weighted by molar-refractivity contribution is 9.12. The van der Waals surface area contributed by atoms with Crippen molar-refractivity contribution in [3.8, 4) is 11.5 Å². The minimum Gasteiger partial charge on any atom is -0.485 e. The first-order valence-electron chi connectivity index (χ1n) is 6.25. The summed E-state index contributed by atoms with van der Waals surface area (Å²) in [6.45, 7) is 4.21. The van der Waals surface area contributed by atoms with Crippen molar-refractivity contribution in [3.05, 3.63) is 7.57 Å². The van der Waals surface area contributed by atoms with E-state index < -0.39 is 0 Å². The van der Waals surface area contributed by atoms with Crippen molar-refractivity contribution in [2.24, 2.45) is 0 Å². The Hall–Kier alpha value is 0.140. The third-order valence-electron chi connectivity index (χ3n) is 2.43. The van der Waals surface area contributed by atoms with E-state index in [2.05, 4.69) is 31.9 Å². The van der Waals surface area contributed by atoms with E-state index in [1.54, 1.807) is 0 Å². The zero-order chi connectivity index (χ0) is 14.2. The summed E-state index contributed by atoms with van der Waals surface area (Å²) in [5.41, 5.74) is 0. The fraction of sp³-hybridized carbons (Fsp3) is 0.667. The van der Waals surface area contributed by atoms with Gasteiger partial charge in [-0.05, 0) is 31.9 Å². The predicted molar refractivity (Wildman–Crippen MR) is 83.2 cm³/mol. The van der Waals surface area contributed by atoms with Crippen LogP contribution in [0.2, 0.25) is 0 Å². The van der Waals surface area contributed by atoms with Crippen molar-refractivity contribution in [2.45, 2.75) is 0 Å². The Balaban J connectivity index is 1.96. The number of hydrogen-bond acceptors (Lipinski definition) is 6. The molecule has 20 heavy (non-hydrogen) atoms. The van der Waals surface area contributed by atoms with Crippen molar-refractivity contribution in [1.82, 2.24) is 0 Å². The van der Waals surface area contributed by atoms with Crippen LogP contribution in [0.4, 0.5) is 0 Å². The van der Waals surface area contributed by atoms with Gasteiger partial charge in [-0.3, -0.25) is 0 Å². The van der Waals surface area contributed by atoms with Gasteiger partial charge in [0.05, 0.1) is 39.6 Å². The number of hydrogen-bond donors (Lipinski definition) is 0. The van der Waals surface area contributed by atoms with E-state index in [9.17, 15) is 0 Å². The summed E-state index contributed by atoms with van der Waals surface area (Å²) in [7, 11) is 0. The molecule has 2 heterocycles. The molecule has 8 heteroatoms. The molecule has 0 radical (unpaired) electrons. The average molecular weight is 432 g/mol. The largest absolute Gasteiger partial charge is 0.485 e. The summed E-state index contributed by atoms with van der Waals surface area (Å²) in [6.07, 6.45) is 0. The van der Waals surface area contributed by atoms with E-state index in [1.165, 1.54) is 11.3 Å². The molecule has 0 spiro atoms. The number of rotatable bonds is 0. The van der Waals surface area contributed by atoms with E-state index in [0.717, 1.165) is 7.57 Å². The minimum atomic E-state index is 0.467. The smallest absolute Gasteiger partial charge is 0.187 e. The van der Waals surface area contributed by atoms with Gasteiger partial charge in [0, 0.05) is 0 Å². The first-order chi connectivity index (χ1) is 9.79. The van der Waals surface area contributed by atoms with E-state index >= 15 is 0 Å². The topological polar surface area (TPSA) is 46.2 Å². The lowest BCUT2D eigenvalue weighted by Gasteiger charge is -2.10. The maximum Gasteiger partial charge on any atom is 0.187 e. The normalized spacial score (nSPS) is 19.1. The highest BCUT2D eigenvalue weighted by Crippen LogP contribution is 2.48. The average Bonchev–Trinajstić information content (AvgIpc) is 2.69. The molecule has 0 aromatic carbocycles. The second kappa shape index (κ2) is 9.22. The Bertz CT molecular complexity index is 378. The van der Waals surface area contributed by atoms with E-state index in [4.69, 9.17) is 23.7 Å². The Morgan fingerprint density at radius 1 is 0.600 bits per heavy atom. The van der Waals surface area contributed by atoms with E-state index in [-0.39, 0.29) is 0 Å². The Kier molecular flexibility index (Phi) is 7.61. The molecule has 1 aromatic heterocycles. The maximum absolute atomic E-state index is 5.72. The summed E-state index contributed by atoms with van der Waals surface area (Å²) >= 11 is 8.47. The molecule has 0 bridgehead atoms. The SMILES string of the molecule is Brc1sc(Br)c2c1OCCOCCOCCOCCO2. The molecule has 0 unspecified atom stereocenters. The summed E-state index contributed by atoms with van der Waals surface area (Å²) in [5.74, 6) is 1.41. The zero-order valence-electron chi connectivity index (χ0n) is 10.9. The molecular formula is C12H16Br2O5S. The van der Waals surface area contributed by atoms with Gasteiger partial charge in [0.25, 0.3) is 0 Å². The zero-order valence-corrected chi connectivity index (χ0v) is 14.9. The summed E-state index contributed by atoms with van der Waals surface area (Å²) < 4.78 is 29.4. The summed E-state index contributed by atoms with van der Waals surface area (Å²) in [6, 6.07) is 0. The molecular weight excluding hydrogens is 416 g/mol. The third-order valence-corrected chi connectivity index (χ3v) is 4.86. The molecule has 1 aliphatic heterocycles. The molecule has 114 valence electrons. The standard InChI is InChI=1S/C12H16Br2O5S/c13-11-9-10(12(14)20-11)19-8-6-17-4-2-15-1-3-16-5-7-18-9/h1-8H2. The summed E-state index contributed by atoms with van der Waals surface area (Å²) in [4.78, 5) is 0. The predicted octanol–water partition coefficient (Wildman–Crippen LogP) is 3.09. The van der Waals surface area contributed by atoms with Gasteiger partial charge in [0.1, 0.15) is 20.8 Å². The number of thiophene rings is 1. The van der Waals surface area contributed by atoms with Crippen LogP contribution in [0.1, 0.15) is 0 Å². The highest BCUT2D eigenvalue weighted by Gasteiger charge is 2.18. The Morgan fingerprint density at radius 3 is 1.35 bits per heavy atom. The van der Waals surface area contributed by atoms with Crippen molar-refractivity contribution in [2.75, 3.05) is 52.9 Å². The van der Waals surface area contributed by atoms with Crippen LogP contribution in [0.15, 0.2) is 7.57 Å². The number of halogens is 2. The fourth-order valence-corrected chi connectivity index (χ4v) is 4.40. The highest BCUT2D eigenvalue weighted by atomic mass is 79.9. The van der Waals surface area contributed by atoms with Crippen LogP contribution in [0, 0.1) is 0 Å². The van der Waals surface area contributed by atoms with Gasteiger partial charge in [-0.25, -0.2) is 0 Å². The molecule has 0 amide bonds. The molecule has 0 aliphatic carbocycles. The molecule has 0 fully saturated rings. The first kappa shape index (κ1) is 16.5. The van der Waals surface area contributed by atoms with Crippen molar-refractivity contribution in [3.63, 3.8) is 0 Å². The van der Waals surface area contributed by atoms with Crippen LogP contribution >= 0.6 is 43.2 Å². The van der Waals surface area contributed by atoms with Gasteiger partial charge < -0.3 is 23.7 Å². The van der Waals surface area contributed by atoms with Crippen molar-refractivity contribution >= 4 is 43.2 Å². The van der Waals surface area contributed by atoms with E-state index in [0.29, 0.717) is 64.4 Å². The molecule has 1 aliphatic rings. The van der Waals surface area contributed by atoms with Crippen LogP contribution in [-0.4, -0.2) is 52.9 Å². The van der Waals surface area contributed by atoms with Gasteiger partial charge in [-0.2, -0.15) is 0 Å². The second-order valence-corrected chi connectivity index (χ2v) is 7.50. The Labute approximate surface area is 138 Å². The van der Waals surface area contributed by atoms with Crippen molar-refractivity contribution < 1.29 is 23.7 Å². The quantitative estimate of drug-likeness (QED) is 0.631. The molecule has 1 aromatic rings. The van der Waals surface area contributed by atoms with Gasteiger partial charge in [0.15, 0.2) is 11.5 Å². The van der Waals surface area contributed by atoms with E-state index in [1.807, 2.05) is 0 Å². The Morgan fingerprint density at radius 2 is 0.950 bits per heavy atom. The van der Waals surface area contributed by atoms with Crippen molar-refractivity contribution in [1.29, 1.82) is 0 Å². The lowest BCUT2D eigenvalue weighted by Crippen LogP contribution is -2.13. The van der Waals surface area contributed by atoms with Gasteiger partial charge in [0.2, 0.25) is 0 Å². The molecule has 0 saturated heterocycles. The monoisotopic (exact) mass is 430 g/mol. The fourth-order valence-electron chi connectivity index (χ4n) is 1.54. The molecule has 0 N–H and O–H groups in total. The van der Waals surface area contributed by atoms with Crippen LogP contribution in [0.5, 0.6) is 11.5 Å². The van der Waals surface area contributed by atoms with Gasteiger partial charge in [-0.15, -0.1) is 11.3 Å².